The standard InChI is InChI=1S/C22H29N3O2/c26-20-8-9-22(25(20)17-19-7-4-12-23-16-19)10-13-24(14-11-22)21(27)15-18-5-2-1-3-6-18/h4-5,7,12,16H,1-3,6,8-11,13-15,17H2. The maximum atomic E-state index is 12.7. The molecular weight excluding hydrogens is 338 g/mol. The van der Waals surface area contributed by atoms with Gasteiger partial charge in [-0.15, -0.1) is 0 Å². The van der Waals surface area contributed by atoms with Gasteiger partial charge in [-0.25, -0.2) is 0 Å². The van der Waals surface area contributed by atoms with Crippen LogP contribution >= 0.6 is 0 Å². The minimum atomic E-state index is -0.0756. The van der Waals surface area contributed by atoms with Crippen molar-refractivity contribution in [2.45, 2.75) is 69.9 Å². The summed E-state index contributed by atoms with van der Waals surface area (Å²) < 4.78 is 0. The summed E-state index contributed by atoms with van der Waals surface area (Å²) in [5, 5.41) is 0. The molecule has 2 amide bonds. The van der Waals surface area contributed by atoms with E-state index in [1.165, 1.54) is 18.4 Å². The molecule has 4 rings (SSSR count). The van der Waals surface area contributed by atoms with Gasteiger partial charge in [0.1, 0.15) is 0 Å². The Hall–Kier alpha value is -2.17. The van der Waals surface area contributed by atoms with Gasteiger partial charge in [0.2, 0.25) is 11.8 Å². The second-order valence-electron chi connectivity index (χ2n) is 8.23. The highest BCUT2D eigenvalue weighted by atomic mass is 16.2. The van der Waals surface area contributed by atoms with Crippen molar-refractivity contribution in [1.29, 1.82) is 0 Å². The first-order valence-electron chi connectivity index (χ1n) is 10.3. The van der Waals surface area contributed by atoms with E-state index >= 15 is 0 Å². The van der Waals surface area contributed by atoms with Crippen LogP contribution in [0.3, 0.4) is 0 Å². The van der Waals surface area contributed by atoms with E-state index in [0.717, 1.165) is 50.8 Å². The third kappa shape index (κ3) is 3.92. The van der Waals surface area contributed by atoms with Crippen LogP contribution in [0, 0.1) is 0 Å². The van der Waals surface area contributed by atoms with Gasteiger partial charge in [0.25, 0.3) is 0 Å². The molecule has 1 aromatic rings. The van der Waals surface area contributed by atoms with Gasteiger partial charge in [0.05, 0.1) is 0 Å². The molecule has 3 aliphatic rings. The van der Waals surface area contributed by atoms with Crippen molar-refractivity contribution < 1.29 is 9.59 Å². The van der Waals surface area contributed by atoms with E-state index in [-0.39, 0.29) is 17.4 Å². The average molecular weight is 367 g/mol. The summed E-state index contributed by atoms with van der Waals surface area (Å²) in [7, 11) is 0. The zero-order valence-corrected chi connectivity index (χ0v) is 16.0. The second kappa shape index (κ2) is 7.83. The van der Waals surface area contributed by atoms with Crippen LogP contribution < -0.4 is 0 Å². The molecule has 0 aromatic carbocycles. The monoisotopic (exact) mass is 367 g/mol. The SMILES string of the molecule is O=C(CC1=CCCCC1)N1CCC2(CCC(=O)N2Cc2cccnc2)CC1. The number of allylic oxidation sites excluding steroid dienone is 1. The van der Waals surface area contributed by atoms with E-state index in [1.807, 2.05) is 23.2 Å². The maximum Gasteiger partial charge on any atom is 0.226 e. The number of aromatic nitrogens is 1. The third-order valence-corrected chi connectivity index (χ3v) is 6.55. The van der Waals surface area contributed by atoms with Crippen LogP contribution in [0.1, 0.15) is 63.4 Å². The van der Waals surface area contributed by atoms with Gasteiger partial charge < -0.3 is 9.80 Å². The highest BCUT2D eigenvalue weighted by Crippen LogP contribution is 2.40. The number of rotatable bonds is 4. The van der Waals surface area contributed by atoms with Crippen LogP contribution in [-0.2, 0) is 16.1 Å². The lowest BCUT2D eigenvalue weighted by Gasteiger charge is -2.45. The van der Waals surface area contributed by atoms with Gasteiger partial charge in [-0.2, -0.15) is 0 Å². The Morgan fingerprint density at radius 1 is 1.15 bits per heavy atom. The van der Waals surface area contributed by atoms with Gasteiger partial charge in [-0.1, -0.05) is 17.7 Å². The lowest BCUT2D eigenvalue weighted by atomic mass is 9.84. The average Bonchev–Trinajstić information content (AvgIpc) is 3.00. The zero-order chi connectivity index (χ0) is 18.7. The zero-order valence-electron chi connectivity index (χ0n) is 16.0. The molecule has 0 atom stereocenters. The molecule has 0 N–H and O–H groups in total. The molecule has 2 aliphatic heterocycles. The van der Waals surface area contributed by atoms with Gasteiger partial charge in [-0.05, 0) is 56.6 Å². The Labute approximate surface area is 161 Å². The van der Waals surface area contributed by atoms with Crippen molar-refractivity contribution in [3.63, 3.8) is 0 Å². The fraction of sp³-hybridized carbons (Fsp3) is 0.591. The summed E-state index contributed by atoms with van der Waals surface area (Å²) in [6.07, 6.45) is 14.5. The van der Waals surface area contributed by atoms with Crippen LogP contribution in [0.5, 0.6) is 0 Å². The number of piperidine rings is 1. The lowest BCUT2D eigenvalue weighted by molar-refractivity contribution is -0.136. The first-order chi connectivity index (χ1) is 13.2. The predicted octanol–water partition coefficient (Wildman–Crippen LogP) is 3.46. The molecule has 5 nitrogen and oxygen atoms in total. The maximum absolute atomic E-state index is 12.7. The molecule has 3 heterocycles. The van der Waals surface area contributed by atoms with Crippen LogP contribution in [0.15, 0.2) is 36.2 Å². The number of likely N-dealkylation sites (tertiary alicyclic amines) is 2. The summed E-state index contributed by atoms with van der Waals surface area (Å²) in [5.74, 6) is 0.507. The van der Waals surface area contributed by atoms with E-state index in [4.69, 9.17) is 0 Å². The number of carbonyl (C=O) groups is 2. The fourth-order valence-electron chi connectivity index (χ4n) is 4.87. The molecule has 0 saturated carbocycles. The largest absolute Gasteiger partial charge is 0.342 e. The summed E-state index contributed by atoms with van der Waals surface area (Å²) in [6, 6.07) is 3.95. The second-order valence-corrected chi connectivity index (χ2v) is 8.23. The Bertz CT molecular complexity index is 720. The molecule has 0 unspecified atom stereocenters. The number of carbonyl (C=O) groups excluding carboxylic acids is 2. The van der Waals surface area contributed by atoms with Gasteiger partial charge in [-0.3, -0.25) is 14.6 Å². The van der Waals surface area contributed by atoms with Crippen LogP contribution in [0.25, 0.3) is 0 Å². The highest BCUT2D eigenvalue weighted by Gasteiger charge is 2.47. The summed E-state index contributed by atoms with van der Waals surface area (Å²) >= 11 is 0. The van der Waals surface area contributed by atoms with Crippen LogP contribution in [0.2, 0.25) is 0 Å². The fourth-order valence-corrected chi connectivity index (χ4v) is 4.87. The molecule has 1 aliphatic carbocycles. The normalized spacial score (nSPS) is 22.2. The number of amides is 2. The summed E-state index contributed by atoms with van der Waals surface area (Å²) in [4.78, 5) is 33.5. The van der Waals surface area contributed by atoms with Crippen LogP contribution in [0.4, 0.5) is 0 Å². The highest BCUT2D eigenvalue weighted by molar-refractivity contribution is 5.81. The van der Waals surface area contributed by atoms with E-state index in [1.54, 1.807) is 6.20 Å². The Balaban J connectivity index is 1.38. The van der Waals surface area contributed by atoms with E-state index < -0.39 is 0 Å². The molecule has 1 spiro atoms. The smallest absolute Gasteiger partial charge is 0.226 e. The quantitative estimate of drug-likeness (QED) is 0.766. The third-order valence-electron chi connectivity index (χ3n) is 6.55. The topological polar surface area (TPSA) is 53.5 Å². The molecular formula is C22H29N3O2. The van der Waals surface area contributed by atoms with Gasteiger partial charge in [0.15, 0.2) is 0 Å². The molecule has 2 saturated heterocycles. The molecule has 27 heavy (non-hydrogen) atoms. The first kappa shape index (κ1) is 18.2. The number of hydrogen-bond acceptors (Lipinski definition) is 3. The van der Waals surface area contributed by atoms with E-state index in [9.17, 15) is 9.59 Å². The van der Waals surface area contributed by atoms with Crippen molar-refractivity contribution in [3.05, 3.63) is 41.7 Å². The van der Waals surface area contributed by atoms with Gasteiger partial charge in [0, 0.05) is 50.4 Å². The molecule has 0 bridgehead atoms. The van der Waals surface area contributed by atoms with Gasteiger partial charge >= 0.3 is 0 Å². The lowest BCUT2D eigenvalue weighted by Crippen LogP contribution is -2.53. The number of pyridine rings is 1. The van der Waals surface area contributed by atoms with Crippen molar-refractivity contribution in [2.75, 3.05) is 13.1 Å². The van der Waals surface area contributed by atoms with E-state index in [2.05, 4.69) is 16.0 Å². The number of nitrogens with zero attached hydrogens (tertiary/aromatic N) is 3. The summed E-state index contributed by atoms with van der Waals surface area (Å²) in [5.41, 5.74) is 2.32. The van der Waals surface area contributed by atoms with Crippen molar-refractivity contribution in [1.82, 2.24) is 14.8 Å². The minimum Gasteiger partial charge on any atom is -0.342 e. The molecule has 1 aromatic heterocycles. The Kier molecular flexibility index (Phi) is 5.28. The minimum absolute atomic E-state index is 0.0756. The molecule has 5 heteroatoms. The predicted molar refractivity (Wildman–Crippen MR) is 104 cm³/mol. The number of hydrogen-bond donors (Lipinski definition) is 0. The van der Waals surface area contributed by atoms with Crippen molar-refractivity contribution >= 4 is 11.8 Å². The van der Waals surface area contributed by atoms with E-state index in [0.29, 0.717) is 19.4 Å². The Morgan fingerprint density at radius 3 is 2.70 bits per heavy atom. The summed E-state index contributed by atoms with van der Waals surface area (Å²) in [6.45, 7) is 2.17. The molecule has 0 radical (unpaired) electrons. The Morgan fingerprint density at radius 2 is 2.00 bits per heavy atom. The molecule has 144 valence electrons. The molecule has 2 fully saturated rings. The first-order valence-corrected chi connectivity index (χ1v) is 10.3. The van der Waals surface area contributed by atoms with Crippen molar-refractivity contribution in [2.24, 2.45) is 0 Å². The van der Waals surface area contributed by atoms with Crippen LogP contribution in [-0.4, -0.2) is 45.2 Å². The van der Waals surface area contributed by atoms with Crippen molar-refractivity contribution in [3.8, 4) is 0 Å².